The van der Waals surface area contributed by atoms with Gasteiger partial charge in [0.1, 0.15) is 0 Å². The van der Waals surface area contributed by atoms with Gasteiger partial charge in [-0.25, -0.2) is 0 Å². The number of carboxylic acid groups (broad SMARTS) is 1. The summed E-state index contributed by atoms with van der Waals surface area (Å²) in [7, 11) is 1.77. The van der Waals surface area contributed by atoms with Crippen molar-refractivity contribution in [2.24, 2.45) is 18.9 Å². The van der Waals surface area contributed by atoms with Gasteiger partial charge >= 0.3 is 5.97 Å². The van der Waals surface area contributed by atoms with Crippen LogP contribution >= 0.6 is 0 Å². The van der Waals surface area contributed by atoms with Crippen molar-refractivity contribution in [2.45, 2.75) is 13.8 Å². The molecule has 0 aliphatic carbocycles. The van der Waals surface area contributed by atoms with Gasteiger partial charge < -0.3 is 10.4 Å². The fourth-order valence-corrected chi connectivity index (χ4v) is 1.59. The number of carboxylic acids is 1. The molecule has 1 amide bonds. The molecule has 104 valence electrons. The number of amides is 1. The monoisotopic (exact) mass is 265 g/mol. The normalized spacial score (nSPS) is 12.8. The summed E-state index contributed by atoms with van der Waals surface area (Å²) in [6.45, 7) is 3.76. The molecule has 2 N–H and O–H groups in total. The van der Waals surface area contributed by atoms with Gasteiger partial charge in [0, 0.05) is 25.9 Å². The molecule has 1 aromatic heterocycles. The first-order valence-electron chi connectivity index (χ1n) is 6.08. The highest BCUT2D eigenvalue weighted by Crippen LogP contribution is 2.09. The Morgan fingerprint density at radius 2 is 2.21 bits per heavy atom. The summed E-state index contributed by atoms with van der Waals surface area (Å²) in [6.07, 6.45) is 4.64. The first-order valence-corrected chi connectivity index (χ1v) is 6.08. The lowest BCUT2D eigenvalue weighted by Gasteiger charge is -2.15. The summed E-state index contributed by atoms with van der Waals surface area (Å²) in [5.74, 6) is -1.81. The van der Waals surface area contributed by atoms with Crippen LogP contribution in [0.3, 0.4) is 0 Å². The lowest BCUT2D eigenvalue weighted by molar-refractivity contribution is -0.143. The van der Waals surface area contributed by atoms with Crippen LogP contribution in [0.1, 0.15) is 19.5 Å². The van der Waals surface area contributed by atoms with Crippen LogP contribution in [-0.4, -0.2) is 33.3 Å². The van der Waals surface area contributed by atoms with Crippen LogP contribution in [0.5, 0.6) is 0 Å². The minimum atomic E-state index is -0.897. The molecular formula is C13H19N3O3. The van der Waals surface area contributed by atoms with E-state index in [1.165, 1.54) is 6.08 Å². The second-order valence-electron chi connectivity index (χ2n) is 4.65. The quantitative estimate of drug-likeness (QED) is 0.749. The molecule has 6 heteroatoms. The molecular weight excluding hydrogens is 246 g/mol. The highest BCUT2D eigenvalue weighted by molar-refractivity contribution is 5.91. The number of hydrogen-bond donors (Lipinski definition) is 2. The van der Waals surface area contributed by atoms with Crippen molar-refractivity contribution in [3.05, 3.63) is 24.0 Å². The Balaban J connectivity index is 2.50. The van der Waals surface area contributed by atoms with E-state index in [1.807, 2.05) is 13.8 Å². The van der Waals surface area contributed by atoms with Gasteiger partial charge in [-0.05, 0) is 18.1 Å². The Hall–Kier alpha value is -2.11. The third-order valence-electron chi connectivity index (χ3n) is 2.88. The zero-order valence-electron chi connectivity index (χ0n) is 11.3. The van der Waals surface area contributed by atoms with Crippen molar-refractivity contribution in [3.8, 4) is 0 Å². The summed E-state index contributed by atoms with van der Waals surface area (Å²) < 4.78 is 1.64. The van der Waals surface area contributed by atoms with Crippen LogP contribution in [0.15, 0.2) is 18.3 Å². The number of carbonyl (C=O) groups is 2. The molecule has 0 radical (unpaired) electrons. The number of nitrogens with zero attached hydrogens (tertiary/aromatic N) is 2. The van der Waals surface area contributed by atoms with Gasteiger partial charge in [0.05, 0.1) is 11.6 Å². The van der Waals surface area contributed by atoms with Crippen LogP contribution < -0.4 is 5.32 Å². The molecule has 0 spiro atoms. The average Bonchev–Trinajstić information content (AvgIpc) is 2.71. The Labute approximate surface area is 112 Å². The number of hydrogen-bond acceptors (Lipinski definition) is 3. The van der Waals surface area contributed by atoms with E-state index < -0.39 is 11.9 Å². The molecule has 6 nitrogen and oxygen atoms in total. The van der Waals surface area contributed by atoms with E-state index in [-0.39, 0.29) is 18.4 Å². The van der Waals surface area contributed by atoms with Crippen molar-refractivity contribution in [2.75, 3.05) is 6.54 Å². The highest BCUT2D eigenvalue weighted by atomic mass is 16.4. The summed E-state index contributed by atoms with van der Waals surface area (Å²) in [5.41, 5.74) is 0.800. The van der Waals surface area contributed by atoms with Crippen LogP contribution in [0, 0.1) is 11.8 Å². The number of aryl methyl sites for hydroxylation is 1. The molecule has 19 heavy (non-hydrogen) atoms. The van der Waals surface area contributed by atoms with Gasteiger partial charge in [0.15, 0.2) is 0 Å². The maximum Gasteiger partial charge on any atom is 0.308 e. The molecule has 0 aromatic carbocycles. The van der Waals surface area contributed by atoms with Gasteiger partial charge in [-0.2, -0.15) is 5.10 Å². The highest BCUT2D eigenvalue weighted by Gasteiger charge is 2.21. The zero-order valence-corrected chi connectivity index (χ0v) is 11.3. The standard InChI is InChI=1S/C13H19N3O3/c1-9(2)11(13(18)19)8-14-12(17)5-4-10-6-7-15-16(10)3/h4-7,9,11H,8H2,1-3H3,(H,14,17)(H,18,19). The third-order valence-corrected chi connectivity index (χ3v) is 2.88. The second kappa shape index (κ2) is 6.72. The van der Waals surface area contributed by atoms with Crippen LogP contribution in [-0.2, 0) is 16.6 Å². The fraction of sp³-hybridized carbons (Fsp3) is 0.462. The summed E-state index contributed by atoms with van der Waals surface area (Å²) in [4.78, 5) is 22.5. The van der Waals surface area contributed by atoms with Crippen LogP contribution in [0.25, 0.3) is 6.08 Å². The first kappa shape index (κ1) is 14.9. The van der Waals surface area contributed by atoms with Crippen molar-refractivity contribution in [1.82, 2.24) is 15.1 Å². The fourth-order valence-electron chi connectivity index (χ4n) is 1.59. The largest absolute Gasteiger partial charge is 0.481 e. The van der Waals surface area contributed by atoms with Crippen LogP contribution in [0.4, 0.5) is 0 Å². The van der Waals surface area contributed by atoms with Crippen molar-refractivity contribution < 1.29 is 14.7 Å². The maximum atomic E-state index is 11.6. The zero-order chi connectivity index (χ0) is 14.4. The van der Waals surface area contributed by atoms with E-state index in [0.29, 0.717) is 0 Å². The molecule has 0 saturated heterocycles. The predicted octanol–water partition coefficient (Wildman–Crippen LogP) is 0.906. The Kier molecular flexibility index (Phi) is 5.29. The Bertz CT molecular complexity index is 477. The van der Waals surface area contributed by atoms with Gasteiger partial charge in [0.25, 0.3) is 0 Å². The maximum absolute atomic E-state index is 11.6. The average molecular weight is 265 g/mol. The number of aromatic nitrogens is 2. The molecule has 1 unspecified atom stereocenters. The van der Waals surface area contributed by atoms with Gasteiger partial charge in [0.2, 0.25) is 5.91 Å². The minimum Gasteiger partial charge on any atom is -0.481 e. The molecule has 1 atom stereocenters. The number of rotatable bonds is 6. The van der Waals surface area contributed by atoms with Crippen LogP contribution in [0.2, 0.25) is 0 Å². The SMILES string of the molecule is CC(C)C(CNC(=O)C=Cc1ccnn1C)C(=O)O. The molecule has 0 aliphatic heterocycles. The Morgan fingerprint density at radius 1 is 1.53 bits per heavy atom. The molecule has 0 bridgehead atoms. The van der Waals surface area contributed by atoms with Crippen molar-refractivity contribution >= 4 is 18.0 Å². The van der Waals surface area contributed by atoms with Crippen molar-refractivity contribution in [1.29, 1.82) is 0 Å². The van der Waals surface area contributed by atoms with Gasteiger partial charge in [-0.3, -0.25) is 14.3 Å². The molecule has 0 fully saturated rings. The van der Waals surface area contributed by atoms with Gasteiger partial charge in [-0.1, -0.05) is 13.8 Å². The van der Waals surface area contributed by atoms with Crippen molar-refractivity contribution in [3.63, 3.8) is 0 Å². The van der Waals surface area contributed by atoms with E-state index in [2.05, 4.69) is 10.4 Å². The molecule has 0 aliphatic rings. The smallest absolute Gasteiger partial charge is 0.308 e. The first-order chi connectivity index (χ1) is 8.91. The summed E-state index contributed by atoms with van der Waals surface area (Å²) >= 11 is 0. The molecule has 0 saturated carbocycles. The van der Waals surface area contributed by atoms with E-state index in [4.69, 9.17) is 5.11 Å². The van der Waals surface area contributed by atoms with E-state index >= 15 is 0 Å². The minimum absolute atomic E-state index is 0.0288. The second-order valence-corrected chi connectivity index (χ2v) is 4.65. The lowest BCUT2D eigenvalue weighted by Crippen LogP contribution is -2.34. The van der Waals surface area contributed by atoms with Gasteiger partial charge in [-0.15, -0.1) is 0 Å². The predicted molar refractivity (Wildman–Crippen MR) is 71.2 cm³/mol. The van der Waals surface area contributed by atoms with E-state index in [1.54, 1.807) is 30.1 Å². The number of aliphatic carboxylic acids is 1. The lowest BCUT2D eigenvalue weighted by atomic mass is 9.96. The number of nitrogens with one attached hydrogen (secondary N) is 1. The molecule has 1 heterocycles. The topological polar surface area (TPSA) is 84.2 Å². The third kappa shape index (κ3) is 4.57. The number of carbonyl (C=O) groups excluding carboxylic acids is 1. The molecule has 1 rings (SSSR count). The van der Waals surface area contributed by atoms with E-state index in [0.717, 1.165) is 5.69 Å². The molecule has 1 aromatic rings. The summed E-state index contributed by atoms with van der Waals surface area (Å²) in [5, 5.41) is 15.6. The Morgan fingerprint density at radius 3 is 2.68 bits per heavy atom. The summed E-state index contributed by atoms with van der Waals surface area (Å²) in [6, 6.07) is 1.78. The van der Waals surface area contributed by atoms with E-state index in [9.17, 15) is 9.59 Å².